The third-order valence-corrected chi connectivity index (χ3v) is 11.6. The average Bonchev–Trinajstić information content (AvgIpc) is 3.73. The van der Waals surface area contributed by atoms with Gasteiger partial charge < -0.3 is 4.57 Å². The van der Waals surface area contributed by atoms with Crippen molar-refractivity contribution in [3.05, 3.63) is 163 Å². The molecule has 0 fully saturated rings. The topological polar surface area (TPSA) is 4.93 Å². The SMILES string of the molecule is CC1(C)c2ccccc2-c2cc3c4cc(-c5ccc(-c6ccccc6)cc5)ccc4n(-c4cccc5c4sc4ccccc45)c3cc21. The van der Waals surface area contributed by atoms with Crippen LogP contribution in [-0.4, -0.2) is 4.57 Å². The van der Waals surface area contributed by atoms with E-state index in [9.17, 15) is 0 Å². The molecular formula is C45H31NS. The van der Waals surface area contributed by atoms with E-state index >= 15 is 0 Å². The van der Waals surface area contributed by atoms with Crippen LogP contribution in [0, 0.1) is 0 Å². The van der Waals surface area contributed by atoms with Gasteiger partial charge in [-0.2, -0.15) is 0 Å². The van der Waals surface area contributed by atoms with E-state index in [0.29, 0.717) is 0 Å². The molecule has 0 amide bonds. The minimum Gasteiger partial charge on any atom is -0.308 e. The summed E-state index contributed by atoms with van der Waals surface area (Å²) in [7, 11) is 0. The van der Waals surface area contributed by atoms with Crippen LogP contribution in [0.1, 0.15) is 25.0 Å². The molecule has 2 heteroatoms. The van der Waals surface area contributed by atoms with Crippen LogP contribution in [0.15, 0.2) is 152 Å². The minimum absolute atomic E-state index is 0.0727. The van der Waals surface area contributed by atoms with Crippen LogP contribution < -0.4 is 0 Å². The van der Waals surface area contributed by atoms with E-state index in [-0.39, 0.29) is 5.41 Å². The number of fused-ring (bicyclic) bond motifs is 9. The zero-order valence-corrected chi connectivity index (χ0v) is 27.1. The van der Waals surface area contributed by atoms with E-state index in [2.05, 4.69) is 170 Å². The molecule has 1 aliphatic rings. The summed E-state index contributed by atoms with van der Waals surface area (Å²) in [6.45, 7) is 4.75. The lowest BCUT2D eigenvalue weighted by Gasteiger charge is -2.21. The van der Waals surface area contributed by atoms with Crippen molar-refractivity contribution in [1.29, 1.82) is 0 Å². The van der Waals surface area contributed by atoms with Gasteiger partial charge in [0.05, 0.1) is 21.4 Å². The Morgan fingerprint density at radius 2 is 1.11 bits per heavy atom. The van der Waals surface area contributed by atoms with Crippen LogP contribution in [0.4, 0.5) is 0 Å². The van der Waals surface area contributed by atoms with Gasteiger partial charge in [-0.3, -0.25) is 0 Å². The number of benzene rings is 7. The van der Waals surface area contributed by atoms with Gasteiger partial charge in [-0.05, 0) is 80.9 Å². The van der Waals surface area contributed by atoms with Crippen molar-refractivity contribution < 1.29 is 0 Å². The lowest BCUT2D eigenvalue weighted by atomic mass is 9.82. The standard InChI is InChI=1S/C45H31NS/c1-45(2)38-16-8-6-13-32(38)35-26-37-36-25-31(30-21-19-29(20-22-30)28-11-4-3-5-12-28)23-24-40(36)46(42(37)27-39(35)45)41-17-10-15-34-33-14-7-9-18-43(33)47-44(34)41/h3-27H,1-2H3. The Hall–Kier alpha value is -5.44. The molecule has 2 aromatic heterocycles. The van der Waals surface area contributed by atoms with Crippen molar-refractivity contribution in [2.45, 2.75) is 19.3 Å². The summed E-state index contributed by atoms with van der Waals surface area (Å²) in [5.41, 5.74) is 14.1. The molecule has 9 aromatic rings. The van der Waals surface area contributed by atoms with Crippen molar-refractivity contribution in [2.24, 2.45) is 0 Å². The van der Waals surface area contributed by atoms with Gasteiger partial charge in [-0.1, -0.05) is 129 Å². The fourth-order valence-corrected chi connectivity index (χ4v) is 9.25. The minimum atomic E-state index is -0.0727. The fraction of sp³-hybridized carbons (Fsp3) is 0.0667. The molecule has 0 radical (unpaired) electrons. The largest absolute Gasteiger partial charge is 0.308 e. The van der Waals surface area contributed by atoms with Crippen molar-refractivity contribution in [3.8, 4) is 39.1 Å². The van der Waals surface area contributed by atoms with Gasteiger partial charge >= 0.3 is 0 Å². The molecule has 0 saturated carbocycles. The highest BCUT2D eigenvalue weighted by molar-refractivity contribution is 7.26. The van der Waals surface area contributed by atoms with Crippen LogP contribution in [0.3, 0.4) is 0 Å². The van der Waals surface area contributed by atoms with E-state index in [1.807, 2.05) is 11.3 Å². The molecule has 0 atom stereocenters. The summed E-state index contributed by atoms with van der Waals surface area (Å²) in [5.74, 6) is 0. The van der Waals surface area contributed by atoms with Gasteiger partial charge in [-0.25, -0.2) is 0 Å². The molecule has 47 heavy (non-hydrogen) atoms. The van der Waals surface area contributed by atoms with Gasteiger partial charge in [0, 0.05) is 31.7 Å². The first-order chi connectivity index (χ1) is 23.1. The van der Waals surface area contributed by atoms with E-state index in [4.69, 9.17) is 0 Å². The molecule has 0 spiro atoms. The summed E-state index contributed by atoms with van der Waals surface area (Å²) in [4.78, 5) is 0. The Balaban J connectivity index is 1.25. The van der Waals surface area contributed by atoms with Crippen molar-refractivity contribution in [1.82, 2.24) is 4.57 Å². The van der Waals surface area contributed by atoms with E-state index in [1.165, 1.54) is 92.2 Å². The Labute approximate surface area is 278 Å². The monoisotopic (exact) mass is 617 g/mol. The lowest BCUT2D eigenvalue weighted by Crippen LogP contribution is -2.14. The smallest absolute Gasteiger partial charge is 0.0640 e. The predicted octanol–water partition coefficient (Wildman–Crippen LogP) is 12.8. The van der Waals surface area contributed by atoms with Crippen molar-refractivity contribution in [3.63, 3.8) is 0 Å². The lowest BCUT2D eigenvalue weighted by molar-refractivity contribution is 0.661. The second-order valence-corrected chi connectivity index (χ2v) is 14.4. The Bertz CT molecular complexity index is 2690. The zero-order valence-electron chi connectivity index (χ0n) is 26.3. The summed E-state index contributed by atoms with van der Waals surface area (Å²) in [6.07, 6.45) is 0. The molecule has 0 N–H and O–H groups in total. The predicted molar refractivity (Wildman–Crippen MR) is 202 cm³/mol. The van der Waals surface area contributed by atoms with E-state index in [1.54, 1.807) is 0 Å². The number of thiophene rings is 1. The first-order valence-corrected chi connectivity index (χ1v) is 17.2. The van der Waals surface area contributed by atoms with Crippen LogP contribution in [0.2, 0.25) is 0 Å². The zero-order chi connectivity index (χ0) is 31.3. The second kappa shape index (κ2) is 9.78. The summed E-state index contributed by atoms with van der Waals surface area (Å²) in [5, 5.41) is 5.23. The molecule has 0 unspecified atom stereocenters. The quantitative estimate of drug-likeness (QED) is 0.186. The maximum atomic E-state index is 2.53. The third kappa shape index (κ3) is 3.83. The third-order valence-electron chi connectivity index (χ3n) is 10.4. The molecule has 222 valence electrons. The summed E-state index contributed by atoms with van der Waals surface area (Å²) >= 11 is 1.90. The molecule has 0 saturated heterocycles. The number of aromatic nitrogens is 1. The highest BCUT2D eigenvalue weighted by Gasteiger charge is 2.36. The van der Waals surface area contributed by atoms with Gasteiger partial charge in [-0.15, -0.1) is 11.3 Å². The highest BCUT2D eigenvalue weighted by atomic mass is 32.1. The highest BCUT2D eigenvalue weighted by Crippen LogP contribution is 2.51. The van der Waals surface area contributed by atoms with Gasteiger partial charge in [0.2, 0.25) is 0 Å². The molecule has 0 aliphatic heterocycles. The number of nitrogens with zero attached hydrogens (tertiary/aromatic N) is 1. The first-order valence-electron chi connectivity index (χ1n) is 16.4. The fourth-order valence-electron chi connectivity index (χ4n) is 8.05. The Morgan fingerprint density at radius 1 is 0.447 bits per heavy atom. The maximum absolute atomic E-state index is 2.53. The van der Waals surface area contributed by atoms with E-state index < -0.39 is 0 Å². The van der Waals surface area contributed by atoms with Crippen LogP contribution >= 0.6 is 11.3 Å². The Kier molecular flexibility index (Phi) is 5.57. The number of hydrogen-bond donors (Lipinski definition) is 0. The first kappa shape index (κ1) is 26.7. The molecule has 10 rings (SSSR count). The molecule has 0 bridgehead atoms. The molecule has 2 heterocycles. The van der Waals surface area contributed by atoms with Gasteiger partial charge in [0.15, 0.2) is 0 Å². The van der Waals surface area contributed by atoms with Crippen molar-refractivity contribution >= 4 is 53.3 Å². The number of rotatable bonds is 3. The van der Waals surface area contributed by atoms with Crippen LogP contribution in [-0.2, 0) is 5.41 Å². The maximum Gasteiger partial charge on any atom is 0.0640 e. The normalized spacial score (nSPS) is 13.5. The Morgan fingerprint density at radius 3 is 1.96 bits per heavy atom. The molecular weight excluding hydrogens is 587 g/mol. The van der Waals surface area contributed by atoms with Crippen molar-refractivity contribution in [2.75, 3.05) is 0 Å². The second-order valence-electron chi connectivity index (χ2n) is 13.3. The van der Waals surface area contributed by atoms with Crippen LogP contribution in [0.25, 0.3) is 81.0 Å². The molecule has 1 nitrogen and oxygen atoms in total. The van der Waals surface area contributed by atoms with Gasteiger partial charge in [0.25, 0.3) is 0 Å². The summed E-state index contributed by atoms with van der Waals surface area (Å²) in [6, 6.07) is 56.2. The van der Waals surface area contributed by atoms with E-state index in [0.717, 1.165) is 0 Å². The van der Waals surface area contributed by atoms with Gasteiger partial charge in [0.1, 0.15) is 0 Å². The average molecular weight is 618 g/mol. The number of hydrogen-bond acceptors (Lipinski definition) is 1. The van der Waals surface area contributed by atoms with Crippen LogP contribution in [0.5, 0.6) is 0 Å². The summed E-state index contributed by atoms with van der Waals surface area (Å²) < 4.78 is 5.19. The molecule has 7 aromatic carbocycles. The molecule has 1 aliphatic carbocycles.